The monoisotopic (exact) mass is 338 g/mol. The van der Waals surface area contributed by atoms with E-state index in [4.69, 9.17) is 0 Å². The molecule has 1 saturated heterocycles. The maximum Gasteiger partial charge on any atom is 0.269 e. The van der Waals surface area contributed by atoms with Gasteiger partial charge in [0.15, 0.2) is 0 Å². The molecule has 3 rings (SSSR count). The van der Waals surface area contributed by atoms with Gasteiger partial charge in [-0.25, -0.2) is 0 Å². The predicted molar refractivity (Wildman–Crippen MR) is 101 cm³/mol. The first-order chi connectivity index (χ1) is 12.2. The molecule has 2 heterocycles. The highest BCUT2D eigenvalue weighted by molar-refractivity contribution is 5.93. The molecule has 5 heteroatoms. The van der Waals surface area contributed by atoms with Crippen LogP contribution in [0.4, 0.5) is 5.69 Å². The molecular weight excluding hydrogens is 312 g/mol. The van der Waals surface area contributed by atoms with Crippen LogP contribution in [0.25, 0.3) is 0 Å². The van der Waals surface area contributed by atoms with E-state index in [2.05, 4.69) is 50.8 Å². The lowest BCUT2D eigenvalue weighted by molar-refractivity contribution is 0.0951. The Morgan fingerprint density at radius 3 is 2.68 bits per heavy atom. The Morgan fingerprint density at radius 1 is 1.20 bits per heavy atom. The molecule has 0 bridgehead atoms. The molecule has 0 atom stereocenters. The highest BCUT2D eigenvalue weighted by Gasteiger charge is 2.19. The Labute approximate surface area is 149 Å². The van der Waals surface area contributed by atoms with Gasteiger partial charge in [-0.3, -0.25) is 14.7 Å². The molecule has 0 aliphatic carbocycles. The number of pyridine rings is 1. The number of hydrogen-bond acceptors (Lipinski definition) is 4. The van der Waals surface area contributed by atoms with E-state index in [1.165, 1.54) is 5.56 Å². The van der Waals surface area contributed by atoms with Gasteiger partial charge in [-0.1, -0.05) is 30.3 Å². The van der Waals surface area contributed by atoms with Crippen LogP contribution in [-0.2, 0) is 6.54 Å². The SMILES string of the molecule is CCNC(=O)c1cc(NC2CCN(Cc3ccccc3)CC2)ccn1. The second-order valence-corrected chi connectivity index (χ2v) is 6.47. The number of anilines is 1. The lowest BCUT2D eigenvalue weighted by atomic mass is 10.0. The van der Waals surface area contributed by atoms with Gasteiger partial charge in [0.05, 0.1) is 0 Å². The molecule has 0 radical (unpaired) electrons. The molecule has 132 valence electrons. The van der Waals surface area contributed by atoms with Crippen molar-refractivity contribution in [3.05, 3.63) is 59.9 Å². The average molecular weight is 338 g/mol. The van der Waals surface area contributed by atoms with Gasteiger partial charge < -0.3 is 10.6 Å². The summed E-state index contributed by atoms with van der Waals surface area (Å²) in [6, 6.07) is 14.8. The molecule has 1 aromatic carbocycles. The molecule has 1 amide bonds. The first-order valence-electron chi connectivity index (χ1n) is 9.01. The van der Waals surface area contributed by atoms with Crippen molar-refractivity contribution in [3.8, 4) is 0 Å². The molecule has 2 aromatic rings. The second-order valence-electron chi connectivity index (χ2n) is 6.47. The number of benzene rings is 1. The molecular formula is C20H26N4O. The van der Waals surface area contributed by atoms with Crippen molar-refractivity contribution in [3.63, 3.8) is 0 Å². The van der Waals surface area contributed by atoms with Crippen molar-refractivity contribution in [2.24, 2.45) is 0 Å². The molecule has 0 spiro atoms. The Kier molecular flexibility index (Phi) is 6.01. The third-order valence-electron chi connectivity index (χ3n) is 4.54. The first-order valence-corrected chi connectivity index (χ1v) is 9.01. The van der Waals surface area contributed by atoms with Gasteiger partial charge in [-0.05, 0) is 37.5 Å². The zero-order chi connectivity index (χ0) is 17.5. The number of nitrogens with zero attached hydrogens (tertiary/aromatic N) is 2. The molecule has 5 nitrogen and oxygen atoms in total. The fourth-order valence-corrected chi connectivity index (χ4v) is 3.21. The van der Waals surface area contributed by atoms with E-state index < -0.39 is 0 Å². The smallest absolute Gasteiger partial charge is 0.269 e. The molecule has 25 heavy (non-hydrogen) atoms. The largest absolute Gasteiger partial charge is 0.382 e. The number of piperidine rings is 1. The summed E-state index contributed by atoms with van der Waals surface area (Å²) in [4.78, 5) is 18.5. The van der Waals surface area contributed by atoms with Crippen LogP contribution in [0.2, 0.25) is 0 Å². The number of nitrogens with one attached hydrogen (secondary N) is 2. The van der Waals surface area contributed by atoms with E-state index in [1.807, 2.05) is 19.1 Å². The lowest BCUT2D eigenvalue weighted by Crippen LogP contribution is -2.38. The Morgan fingerprint density at radius 2 is 1.96 bits per heavy atom. The van der Waals surface area contributed by atoms with Crippen LogP contribution >= 0.6 is 0 Å². The van der Waals surface area contributed by atoms with E-state index in [0.717, 1.165) is 38.2 Å². The minimum Gasteiger partial charge on any atom is -0.382 e. The fraction of sp³-hybridized carbons (Fsp3) is 0.400. The summed E-state index contributed by atoms with van der Waals surface area (Å²) in [5.74, 6) is -0.121. The van der Waals surface area contributed by atoms with Crippen molar-refractivity contribution < 1.29 is 4.79 Å². The fourth-order valence-electron chi connectivity index (χ4n) is 3.21. The second kappa shape index (κ2) is 8.62. The molecule has 2 N–H and O–H groups in total. The average Bonchev–Trinajstić information content (AvgIpc) is 2.65. The first kappa shape index (κ1) is 17.4. The van der Waals surface area contributed by atoms with Crippen molar-refractivity contribution in [1.29, 1.82) is 0 Å². The maximum atomic E-state index is 11.9. The van der Waals surface area contributed by atoms with Gasteiger partial charge in [0, 0.05) is 44.1 Å². The van der Waals surface area contributed by atoms with Gasteiger partial charge >= 0.3 is 0 Å². The number of carbonyl (C=O) groups excluding carboxylic acids is 1. The van der Waals surface area contributed by atoms with Gasteiger partial charge in [0.25, 0.3) is 5.91 Å². The summed E-state index contributed by atoms with van der Waals surface area (Å²) in [6.07, 6.45) is 3.90. The molecule has 0 saturated carbocycles. The van der Waals surface area contributed by atoms with Crippen LogP contribution in [0.5, 0.6) is 0 Å². The van der Waals surface area contributed by atoms with E-state index >= 15 is 0 Å². The van der Waals surface area contributed by atoms with Crippen molar-refractivity contribution in [2.75, 3.05) is 25.0 Å². The highest BCUT2D eigenvalue weighted by atomic mass is 16.1. The summed E-state index contributed by atoms with van der Waals surface area (Å²) < 4.78 is 0. The Balaban J connectivity index is 1.50. The summed E-state index contributed by atoms with van der Waals surface area (Å²) >= 11 is 0. The third-order valence-corrected chi connectivity index (χ3v) is 4.54. The maximum absolute atomic E-state index is 11.9. The Hall–Kier alpha value is -2.40. The van der Waals surface area contributed by atoms with Crippen molar-refractivity contribution >= 4 is 11.6 Å². The number of aromatic nitrogens is 1. The van der Waals surface area contributed by atoms with Crippen molar-refractivity contribution in [1.82, 2.24) is 15.2 Å². The zero-order valence-electron chi connectivity index (χ0n) is 14.7. The topological polar surface area (TPSA) is 57.3 Å². The predicted octanol–water partition coefficient (Wildman–Crippen LogP) is 2.91. The molecule has 1 aromatic heterocycles. The van der Waals surface area contributed by atoms with E-state index in [9.17, 15) is 4.79 Å². The minimum atomic E-state index is -0.121. The number of amides is 1. The normalized spacial score (nSPS) is 15.7. The molecule has 1 aliphatic rings. The molecule has 0 unspecified atom stereocenters. The van der Waals surface area contributed by atoms with Crippen LogP contribution in [0.15, 0.2) is 48.7 Å². The van der Waals surface area contributed by atoms with Crippen LogP contribution in [0, 0.1) is 0 Å². The Bertz CT molecular complexity index is 681. The van der Waals surface area contributed by atoms with Crippen LogP contribution in [0.1, 0.15) is 35.8 Å². The minimum absolute atomic E-state index is 0.121. The number of likely N-dealkylation sites (tertiary alicyclic amines) is 1. The molecule has 1 fully saturated rings. The highest BCUT2D eigenvalue weighted by Crippen LogP contribution is 2.18. The van der Waals surface area contributed by atoms with Crippen LogP contribution in [0.3, 0.4) is 0 Å². The standard InChI is InChI=1S/C20H26N4O/c1-2-21-20(25)19-14-18(8-11-22-19)23-17-9-12-24(13-10-17)15-16-6-4-3-5-7-16/h3-8,11,14,17H,2,9-10,12-13,15H2,1H3,(H,21,25)(H,22,23). The van der Waals surface area contributed by atoms with Gasteiger partial charge in [0.2, 0.25) is 0 Å². The van der Waals surface area contributed by atoms with Crippen LogP contribution < -0.4 is 10.6 Å². The summed E-state index contributed by atoms with van der Waals surface area (Å²) in [7, 11) is 0. The quantitative estimate of drug-likeness (QED) is 0.850. The number of hydrogen-bond donors (Lipinski definition) is 2. The van der Waals surface area contributed by atoms with E-state index in [0.29, 0.717) is 18.3 Å². The summed E-state index contributed by atoms with van der Waals surface area (Å²) in [5, 5.41) is 6.34. The summed E-state index contributed by atoms with van der Waals surface area (Å²) in [6.45, 7) is 5.70. The van der Waals surface area contributed by atoms with Gasteiger partial charge in [-0.15, -0.1) is 0 Å². The summed E-state index contributed by atoms with van der Waals surface area (Å²) in [5.41, 5.74) is 2.81. The number of carbonyl (C=O) groups is 1. The molecule has 1 aliphatic heterocycles. The lowest BCUT2D eigenvalue weighted by Gasteiger charge is -2.33. The van der Waals surface area contributed by atoms with Crippen molar-refractivity contribution in [2.45, 2.75) is 32.4 Å². The van der Waals surface area contributed by atoms with Crippen LogP contribution in [-0.4, -0.2) is 41.5 Å². The van der Waals surface area contributed by atoms with E-state index in [1.54, 1.807) is 6.20 Å². The number of rotatable bonds is 6. The van der Waals surface area contributed by atoms with E-state index in [-0.39, 0.29) is 5.91 Å². The van der Waals surface area contributed by atoms with Gasteiger partial charge in [-0.2, -0.15) is 0 Å². The van der Waals surface area contributed by atoms with Gasteiger partial charge in [0.1, 0.15) is 5.69 Å². The zero-order valence-corrected chi connectivity index (χ0v) is 14.7. The third kappa shape index (κ3) is 5.03.